The lowest BCUT2D eigenvalue weighted by molar-refractivity contribution is -0.121. The molecule has 0 saturated heterocycles. The van der Waals surface area contributed by atoms with Crippen LogP contribution in [0.5, 0.6) is 5.75 Å². The summed E-state index contributed by atoms with van der Waals surface area (Å²) in [7, 11) is 1.64. The zero-order chi connectivity index (χ0) is 22.5. The Morgan fingerprint density at radius 2 is 1.91 bits per heavy atom. The number of benzene rings is 2. The van der Waals surface area contributed by atoms with Gasteiger partial charge < -0.3 is 20.0 Å². The quantitative estimate of drug-likeness (QED) is 0.280. The van der Waals surface area contributed by atoms with E-state index >= 15 is 0 Å². The van der Waals surface area contributed by atoms with Crippen LogP contribution >= 0.6 is 11.8 Å². The Hall–Kier alpha value is -3.52. The lowest BCUT2D eigenvalue weighted by Crippen LogP contribution is -2.25. The molecular weight excluding hydrogens is 424 g/mol. The number of hydrogen-bond acceptors (Lipinski definition) is 5. The van der Waals surface area contributed by atoms with Gasteiger partial charge in [0.2, 0.25) is 5.91 Å². The Kier molecular flexibility index (Phi) is 6.61. The highest BCUT2D eigenvalue weighted by atomic mass is 32.2. The van der Waals surface area contributed by atoms with Crippen molar-refractivity contribution in [3.05, 3.63) is 76.2 Å². The maximum atomic E-state index is 12.6. The fourth-order valence-electron chi connectivity index (χ4n) is 3.65. The molecule has 2 aromatic carbocycles. The van der Waals surface area contributed by atoms with E-state index in [0.29, 0.717) is 23.7 Å². The van der Waals surface area contributed by atoms with Crippen molar-refractivity contribution in [1.82, 2.24) is 20.3 Å². The van der Waals surface area contributed by atoms with Crippen molar-refractivity contribution in [2.75, 3.05) is 13.4 Å². The van der Waals surface area contributed by atoms with Crippen LogP contribution in [0, 0.1) is 0 Å². The summed E-state index contributed by atoms with van der Waals surface area (Å²) in [6.45, 7) is 0.218. The third-order valence-corrected chi connectivity index (χ3v) is 5.81. The Labute approximate surface area is 189 Å². The third kappa shape index (κ3) is 4.86. The topological polar surface area (TPSA) is 99.9 Å². The number of carbonyl (C=O) groups is 1. The van der Waals surface area contributed by atoms with Crippen molar-refractivity contribution in [3.8, 4) is 17.0 Å². The van der Waals surface area contributed by atoms with Gasteiger partial charge in [-0.2, -0.15) is 0 Å². The summed E-state index contributed by atoms with van der Waals surface area (Å²) in [6.07, 6.45) is 2.74. The van der Waals surface area contributed by atoms with Crippen molar-refractivity contribution in [3.63, 3.8) is 0 Å². The van der Waals surface area contributed by atoms with E-state index in [4.69, 9.17) is 4.74 Å². The number of para-hydroxylation sites is 1. The largest absolute Gasteiger partial charge is 0.497 e. The zero-order valence-electron chi connectivity index (χ0n) is 17.9. The predicted octanol–water partition coefficient (Wildman–Crippen LogP) is 3.90. The summed E-state index contributed by atoms with van der Waals surface area (Å²) in [5.41, 5.74) is 4.48. The number of fused-ring (bicyclic) bond motifs is 1. The van der Waals surface area contributed by atoms with Gasteiger partial charge in [-0.05, 0) is 54.1 Å². The second-order valence-electron chi connectivity index (χ2n) is 7.28. The summed E-state index contributed by atoms with van der Waals surface area (Å²) in [5, 5.41) is 4.51. The van der Waals surface area contributed by atoms with Crippen molar-refractivity contribution < 1.29 is 9.53 Å². The van der Waals surface area contributed by atoms with E-state index in [9.17, 15) is 9.59 Å². The van der Waals surface area contributed by atoms with Crippen molar-refractivity contribution in [1.29, 1.82) is 0 Å². The monoisotopic (exact) mass is 448 g/mol. The Bertz CT molecular complexity index is 1290. The number of nitrogens with zero attached hydrogens (tertiary/aromatic N) is 1. The molecule has 0 aliphatic rings. The van der Waals surface area contributed by atoms with Gasteiger partial charge in [0.15, 0.2) is 5.16 Å². The predicted molar refractivity (Wildman–Crippen MR) is 127 cm³/mol. The van der Waals surface area contributed by atoms with Crippen LogP contribution in [0.15, 0.2) is 64.5 Å². The summed E-state index contributed by atoms with van der Waals surface area (Å²) in [4.78, 5) is 34.7. The summed E-state index contributed by atoms with van der Waals surface area (Å²) in [6, 6.07) is 17.4. The second-order valence-corrected chi connectivity index (χ2v) is 8.07. The number of aromatic amines is 2. The highest BCUT2D eigenvalue weighted by molar-refractivity contribution is 7.98. The van der Waals surface area contributed by atoms with Gasteiger partial charge in [0, 0.05) is 29.1 Å². The third-order valence-electron chi connectivity index (χ3n) is 5.23. The molecule has 0 unspecified atom stereocenters. The number of H-pyrrole nitrogens is 2. The van der Waals surface area contributed by atoms with Gasteiger partial charge >= 0.3 is 0 Å². The molecule has 32 heavy (non-hydrogen) atoms. The molecule has 0 aliphatic heterocycles. The van der Waals surface area contributed by atoms with Crippen LogP contribution in [0.4, 0.5) is 0 Å². The number of amides is 1. The van der Waals surface area contributed by atoms with E-state index in [1.807, 2.05) is 48.7 Å². The number of nitrogens with one attached hydrogen (secondary N) is 3. The van der Waals surface area contributed by atoms with Crippen LogP contribution in [0.25, 0.3) is 22.2 Å². The Morgan fingerprint density at radius 1 is 1.12 bits per heavy atom. The molecule has 8 heteroatoms. The van der Waals surface area contributed by atoms with Crippen LogP contribution < -0.4 is 15.6 Å². The lowest BCUT2D eigenvalue weighted by Gasteiger charge is -2.08. The maximum Gasteiger partial charge on any atom is 0.251 e. The molecule has 0 atom stereocenters. The van der Waals surface area contributed by atoms with Gasteiger partial charge in [0.1, 0.15) is 5.75 Å². The first-order chi connectivity index (χ1) is 15.6. The first-order valence-corrected chi connectivity index (χ1v) is 11.4. The molecule has 0 bridgehead atoms. The van der Waals surface area contributed by atoms with Crippen LogP contribution in [-0.4, -0.2) is 34.2 Å². The minimum atomic E-state index is -0.225. The first kappa shape index (κ1) is 21.7. The van der Waals surface area contributed by atoms with E-state index in [2.05, 4.69) is 26.3 Å². The number of hydrogen-bond donors (Lipinski definition) is 3. The van der Waals surface area contributed by atoms with Gasteiger partial charge in [0.25, 0.3) is 5.56 Å². The normalized spacial score (nSPS) is 10.9. The molecule has 2 heterocycles. The number of ether oxygens (including phenoxy) is 1. The number of carbonyl (C=O) groups excluding carboxylic acids is 1. The molecule has 2 aromatic heterocycles. The average molecular weight is 449 g/mol. The molecule has 1 amide bonds. The smallest absolute Gasteiger partial charge is 0.251 e. The molecule has 0 radical (unpaired) electrons. The van der Waals surface area contributed by atoms with Crippen LogP contribution in [0.2, 0.25) is 0 Å². The van der Waals surface area contributed by atoms with Gasteiger partial charge in [-0.15, -0.1) is 0 Å². The Balaban J connectivity index is 1.50. The molecular formula is C24H24N4O3S. The minimum Gasteiger partial charge on any atom is -0.497 e. The molecule has 0 aliphatic carbocycles. The molecule has 164 valence electrons. The molecule has 4 rings (SSSR count). The maximum absolute atomic E-state index is 12.6. The van der Waals surface area contributed by atoms with Gasteiger partial charge in [-0.25, -0.2) is 4.98 Å². The van der Waals surface area contributed by atoms with E-state index in [0.717, 1.165) is 33.5 Å². The molecule has 3 N–H and O–H groups in total. The van der Waals surface area contributed by atoms with Gasteiger partial charge in [-0.3, -0.25) is 9.59 Å². The molecule has 0 saturated carbocycles. The standard InChI is InChI=1S/C24H24N4O3S/c1-31-17-9-7-15(8-10-17)23-19(18-5-3-4-6-20(18)27-23)11-12-21(29)25-14-16-13-22(30)28-24(26-16)32-2/h3-10,13,27H,11-12,14H2,1-2H3,(H,25,29)(H,26,28,30). The van der Waals surface area contributed by atoms with Crippen LogP contribution in [0.1, 0.15) is 17.7 Å². The SMILES string of the molecule is COc1ccc(-c2[nH]c3ccccc3c2CCC(=O)NCc2cc(=O)[nH]c(SC)n2)cc1. The Morgan fingerprint density at radius 3 is 2.66 bits per heavy atom. The highest BCUT2D eigenvalue weighted by Gasteiger charge is 2.15. The molecule has 7 nitrogen and oxygen atoms in total. The fourth-order valence-corrected chi connectivity index (χ4v) is 4.06. The molecule has 0 fully saturated rings. The number of thioether (sulfide) groups is 1. The fraction of sp³-hybridized carbons (Fsp3) is 0.208. The first-order valence-electron chi connectivity index (χ1n) is 10.2. The minimum absolute atomic E-state index is 0.0938. The molecule has 4 aromatic rings. The van der Waals surface area contributed by atoms with Crippen molar-refractivity contribution in [2.45, 2.75) is 24.5 Å². The summed E-state index contributed by atoms with van der Waals surface area (Å²) >= 11 is 1.35. The number of aryl methyl sites for hydroxylation is 1. The van der Waals surface area contributed by atoms with Gasteiger partial charge in [0.05, 0.1) is 19.3 Å². The van der Waals surface area contributed by atoms with Crippen LogP contribution in [0.3, 0.4) is 0 Å². The van der Waals surface area contributed by atoms with E-state index in [1.54, 1.807) is 7.11 Å². The van der Waals surface area contributed by atoms with E-state index in [-0.39, 0.29) is 18.0 Å². The lowest BCUT2D eigenvalue weighted by atomic mass is 10.0. The van der Waals surface area contributed by atoms with Crippen molar-refractivity contribution in [2.24, 2.45) is 0 Å². The number of aromatic nitrogens is 3. The number of rotatable bonds is 8. The van der Waals surface area contributed by atoms with E-state index in [1.165, 1.54) is 17.8 Å². The zero-order valence-corrected chi connectivity index (χ0v) is 18.7. The number of methoxy groups -OCH3 is 1. The second kappa shape index (κ2) is 9.74. The highest BCUT2D eigenvalue weighted by Crippen LogP contribution is 2.32. The molecule has 0 spiro atoms. The van der Waals surface area contributed by atoms with E-state index < -0.39 is 0 Å². The summed E-state index contributed by atoms with van der Waals surface area (Å²) < 4.78 is 5.27. The summed E-state index contributed by atoms with van der Waals surface area (Å²) in [5.74, 6) is 0.701. The van der Waals surface area contributed by atoms with Gasteiger partial charge in [-0.1, -0.05) is 30.0 Å². The van der Waals surface area contributed by atoms with Crippen LogP contribution in [-0.2, 0) is 17.8 Å². The average Bonchev–Trinajstić information content (AvgIpc) is 3.19. The van der Waals surface area contributed by atoms with Crippen molar-refractivity contribution >= 4 is 28.6 Å².